The van der Waals surface area contributed by atoms with Crippen molar-refractivity contribution < 1.29 is 17.9 Å². The van der Waals surface area contributed by atoms with Gasteiger partial charge in [0.15, 0.2) is 0 Å². The smallest absolute Gasteiger partial charge is 0.251 e. The zero-order chi connectivity index (χ0) is 19.3. The van der Waals surface area contributed by atoms with E-state index in [9.17, 15) is 13.2 Å². The molecule has 0 heterocycles. The maximum atomic E-state index is 12.4. The van der Waals surface area contributed by atoms with Gasteiger partial charge in [-0.15, -0.1) is 0 Å². The zero-order valence-electron chi connectivity index (χ0n) is 15.4. The van der Waals surface area contributed by atoms with Crippen LogP contribution in [0.3, 0.4) is 0 Å². The molecule has 1 atom stereocenters. The highest BCUT2D eigenvalue weighted by Gasteiger charge is 2.18. The van der Waals surface area contributed by atoms with Gasteiger partial charge in [0.25, 0.3) is 5.91 Å². The molecule has 0 spiro atoms. The van der Waals surface area contributed by atoms with Crippen molar-refractivity contribution in [2.75, 3.05) is 20.7 Å². The third-order valence-electron chi connectivity index (χ3n) is 3.93. The second kappa shape index (κ2) is 8.33. The van der Waals surface area contributed by atoms with Crippen molar-refractivity contribution in [1.82, 2.24) is 9.62 Å². The number of benzene rings is 2. The number of rotatable bonds is 7. The van der Waals surface area contributed by atoms with Gasteiger partial charge in [0.05, 0.1) is 17.5 Å². The van der Waals surface area contributed by atoms with Crippen molar-refractivity contribution in [3.05, 3.63) is 59.7 Å². The first-order valence-electron chi connectivity index (χ1n) is 8.32. The van der Waals surface area contributed by atoms with Crippen LogP contribution in [-0.4, -0.2) is 39.3 Å². The average Bonchev–Trinajstić information content (AvgIpc) is 2.62. The number of nitrogens with one attached hydrogen (secondary N) is 1. The van der Waals surface area contributed by atoms with Gasteiger partial charge in [0, 0.05) is 19.7 Å². The number of carbonyl (C=O) groups is 1. The first kappa shape index (κ1) is 19.9. The van der Waals surface area contributed by atoms with Crippen LogP contribution in [0.5, 0.6) is 5.75 Å². The number of sulfonamides is 1. The lowest BCUT2D eigenvalue weighted by Crippen LogP contribution is -2.26. The van der Waals surface area contributed by atoms with Gasteiger partial charge in [-0.05, 0) is 55.8 Å². The number of nitrogens with zero attached hydrogens (tertiary/aromatic N) is 1. The molecule has 2 aromatic rings. The normalized spacial score (nSPS) is 12.7. The Balaban J connectivity index is 2.07. The van der Waals surface area contributed by atoms with E-state index in [4.69, 9.17) is 4.74 Å². The SMILES string of the molecule is CCOc1ccc(C(=O)NC(C)c2ccc(S(=O)(=O)N(C)C)cc2)cc1. The molecule has 0 radical (unpaired) electrons. The molecule has 2 rings (SSSR count). The molecular weight excluding hydrogens is 352 g/mol. The van der Waals surface area contributed by atoms with E-state index in [2.05, 4.69) is 5.32 Å². The first-order valence-corrected chi connectivity index (χ1v) is 9.76. The van der Waals surface area contributed by atoms with Crippen LogP contribution in [0.2, 0.25) is 0 Å². The van der Waals surface area contributed by atoms with E-state index < -0.39 is 10.0 Å². The van der Waals surface area contributed by atoms with E-state index in [1.165, 1.54) is 18.4 Å². The van der Waals surface area contributed by atoms with Crippen LogP contribution in [0.4, 0.5) is 0 Å². The van der Waals surface area contributed by atoms with Gasteiger partial charge in [0.1, 0.15) is 5.75 Å². The van der Waals surface area contributed by atoms with Gasteiger partial charge in [0.2, 0.25) is 10.0 Å². The van der Waals surface area contributed by atoms with E-state index in [1.54, 1.807) is 48.5 Å². The van der Waals surface area contributed by atoms with Crippen molar-refractivity contribution in [3.8, 4) is 5.75 Å². The van der Waals surface area contributed by atoms with E-state index in [-0.39, 0.29) is 16.8 Å². The number of amides is 1. The monoisotopic (exact) mass is 376 g/mol. The Hall–Kier alpha value is -2.38. The Bertz CT molecular complexity index is 844. The second-order valence-electron chi connectivity index (χ2n) is 6.01. The summed E-state index contributed by atoms with van der Waals surface area (Å²) in [5.74, 6) is 0.514. The lowest BCUT2D eigenvalue weighted by Gasteiger charge is -2.16. The minimum atomic E-state index is -3.46. The van der Waals surface area contributed by atoms with Crippen LogP contribution in [-0.2, 0) is 10.0 Å². The summed E-state index contributed by atoms with van der Waals surface area (Å²) in [6.45, 7) is 4.32. The Kier molecular flexibility index (Phi) is 6.39. The molecule has 0 bridgehead atoms. The average molecular weight is 376 g/mol. The van der Waals surface area contributed by atoms with Gasteiger partial charge >= 0.3 is 0 Å². The van der Waals surface area contributed by atoms with Crippen molar-refractivity contribution in [2.24, 2.45) is 0 Å². The molecule has 6 nitrogen and oxygen atoms in total. The molecule has 0 aliphatic rings. The predicted octanol–water partition coefficient (Wildman–Crippen LogP) is 2.83. The molecule has 1 N–H and O–H groups in total. The molecule has 0 aliphatic heterocycles. The Labute approximate surface area is 154 Å². The fourth-order valence-electron chi connectivity index (χ4n) is 2.37. The quantitative estimate of drug-likeness (QED) is 0.806. The lowest BCUT2D eigenvalue weighted by molar-refractivity contribution is 0.0940. The van der Waals surface area contributed by atoms with Crippen molar-refractivity contribution in [2.45, 2.75) is 24.8 Å². The Morgan fingerprint density at radius 2 is 1.65 bits per heavy atom. The van der Waals surface area contributed by atoms with Gasteiger partial charge in [-0.25, -0.2) is 12.7 Å². The number of hydrogen-bond acceptors (Lipinski definition) is 4. The van der Waals surface area contributed by atoms with Crippen LogP contribution >= 0.6 is 0 Å². The molecule has 26 heavy (non-hydrogen) atoms. The summed E-state index contributed by atoms with van der Waals surface area (Å²) in [5.41, 5.74) is 1.36. The summed E-state index contributed by atoms with van der Waals surface area (Å²) >= 11 is 0. The molecule has 7 heteroatoms. The van der Waals surface area contributed by atoms with Crippen molar-refractivity contribution in [3.63, 3.8) is 0 Å². The summed E-state index contributed by atoms with van der Waals surface area (Å²) in [4.78, 5) is 12.6. The fourth-order valence-corrected chi connectivity index (χ4v) is 3.27. The minimum absolute atomic E-state index is 0.203. The van der Waals surface area contributed by atoms with E-state index >= 15 is 0 Å². The van der Waals surface area contributed by atoms with Crippen LogP contribution < -0.4 is 10.1 Å². The molecule has 1 amide bonds. The Morgan fingerprint density at radius 1 is 1.08 bits per heavy atom. The third kappa shape index (κ3) is 4.62. The number of ether oxygens (including phenoxy) is 1. The standard InChI is InChI=1S/C19H24N2O4S/c1-5-25-17-10-6-16(7-11-17)19(22)20-14(2)15-8-12-18(13-9-15)26(23,24)21(3)4/h6-14H,5H2,1-4H3,(H,20,22). The lowest BCUT2D eigenvalue weighted by atomic mass is 10.1. The molecule has 1 unspecified atom stereocenters. The van der Waals surface area contributed by atoms with E-state index in [1.807, 2.05) is 13.8 Å². The molecule has 0 saturated heterocycles. The topological polar surface area (TPSA) is 75.7 Å². The molecular formula is C19H24N2O4S. The first-order chi connectivity index (χ1) is 12.3. The largest absolute Gasteiger partial charge is 0.494 e. The zero-order valence-corrected chi connectivity index (χ0v) is 16.2. The van der Waals surface area contributed by atoms with Gasteiger partial charge in [-0.1, -0.05) is 12.1 Å². The van der Waals surface area contributed by atoms with Crippen LogP contribution in [0.15, 0.2) is 53.4 Å². The highest BCUT2D eigenvalue weighted by Crippen LogP contribution is 2.19. The highest BCUT2D eigenvalue weighted by molar-refractivity contribution is 7.89. The maximum absolute atomic E-state index is 12.4. The van der Waals surface area contributed by atoms with E-state index in [0.717, 1.165) is 11.3 Å². The molecule has 0 saturated carbocycles. The van der Waals surface area contributed by atoms with Crippen LogP contribution in [0.1, 0.15) is 35.8 Å². The highest BCUT2D eigenvalue weighted by atomic mass is 32.2. The molecule has 0 aromatic heterocycles. The van der Waals surface area contributed by atoms with Gasteiger partial charge in [-0.2, -0.15) is 0 Å². The minimum Gasteiger partial charge on any atom is -0.494 e. The molecule has 2 aromatic carbocycles. The fraction of sp³-hybridized carbons (Fsp3) is 0.316. The van der Waals surface area contributed by atoms with Gasteiger partial charge in [-0.3, -0.25) is 4.79 Å². The maximum Gasteiger partial charge on any atom is 0.251 e. The third-order valence-corrected chi connectivity index (χ3v) is 5.76. The number of hydrogen-bond donors (Lipinski definition) is 1. The summed E-state index contributed by atoms with van der Waals surface area (Å²) in [7, 11) is -0.482. The Morgan fingerprint density at radius 3 is 2.15 bits per heavy atom. The summed E-state index contributed by atoms with van der Waals surface area (Å²) in [6, 6.07) is 13.2. The molecule has 0 aliphatic carbocycles. The van der Waals surface area contributed by atoms with Crippen LogP contribution in [0.25, 0.3) is 0 Å². The van der Waals surface area contributed by atoms with Crippen LogP contribution in [0, 0.1) is 0 Å². The second-order valence-corrected chi connectivity index (χ2v) is 8.16. The molecule has 0 fully saturated rings. The van der Waals surface area contributed by atoms with Crippen molar-refractivity contribution >= 4 is 15.9 Å². The summed E-state index contributed by atoms with van der Waals surface area (Å²) in [5, 5.41) is 2.91. The number of carbonyl (C=O) groups excluding carboxylic acids is 1. The summed E-state index contributed by atoms with van der Waals surface area (Å²) < 4.78 is 30.7. The van der Waals surface area contributed by atoms with Crippen molar-refractivity contribution in [1.29, 1.82) is 0 Å². The predicted molar refractivity (Wildman–Crippen MR) is 101 cm³/mol. The summed E-state index contributed by atoms with van der Waals surface area (Å²) in [6.07, 6.45) is 0. The molecule has 140 valence electrons. The van der Waals surface area contributed by atoms with E-state index in [0.29, 0.717) is 12.2 Å². The van der Waals surface area contributed by atoms with Gasteiger partial charge < -0.3 is 10.1 Å².